The second-order valence-corrected chi connectivity index (χ2v) is 11.3. The lowest BCUT2D eigenvalue weighted by Crippen LogP contribution is -2.58. The van der Waals surface area contributed by atoms with Gasteiger partial charge in [-0.1, -0.05) is 33.6 Å². The van der Waals surface area contributed by atoms with Gasteiger partial charge in [-0.2, -0.15) is 0 Å². The maximum Gasteiger partial charge on any atom is 0.305 e. The highest BCUT2D eigenvalue weighted by Crippen LogP contribution is 2.68. The Balaban J connectivity index is 1.54. The standard InChI is InChI=1S/C25H42O3/c1-16(8-13-23(27)28-4)19-11-12-20-18-10-9-17-7-5-6-14-24(17,2)21(18)15-22(26)25(19,20)3/h16-22,26H,5-15H2,1-4H3/t16-,17-,18+,19+,20+,21-,22-,24-,25+/m0/s1. The number of fused-ring (bicyclic) bond motifs is 5. The molecule has 0 radical (unpaired) electrons. The van der Waals surface area contributed by atoms with Crippen molar-refractivity contribution < 1.29 is 14.6 Å². The van der Waals surface area contributed by atoms with E-state index in [0.717, 1.165) is 30.6 Å². The van der Waals surface area contributed by atoms with E-state index in [0.29, 0.717) is 29.6 Å². The average Bonchev–Trinajstić information content (AvgIpc) is 3.05. The van der Waals surface area contributed by atoms with E-state index in [9.17, 15) is 9.90 Å². The number of carbonyl (C=O) groups excluding carboxylic acids is 1. The van der Waals surface area contributed by atoms with Gasteiger partial charge in [-0.05, 0) is 97.7 Å². The molecule has 28 heavy (non-hydrogen) atoms. The molecule has 0 aromatic heterocycles. The van der Waals surface area contributed by atoms with Crippen LogP contribution in [0.25, 0.3) is 0 Å². The molecule has 0 bridgehead atoms. The minimum Gasteiger partial charge on any atom is -0.469 e. The molecular weight excluding hydrogens is 348 g/mol. The van der Waals surface area contributed by atoms with Gasteiger partial charge in [-0.15, -0.1) is 0 Å². The molecule has 0 aromatic carbocycles. The molecule has 0 aliphatic heterocycles. The van der Waals surface area contributed by atoms with Crippen LogP contribution < -0.4 is 0 Å². The molecule has 4 aliphatic rings. The minimum absolute atomic E-state index is 0.0363. The molecule has 9 atom stereocenters. The van der Waals surface area contributed by atoms with Crippen LogP contribution in [-0.4, -0.2) is 24.3 Å². The van der Waals surface area contributed by atoms with Crippen LogP contribution in [0.2, 0.25) is 0 Å². The molecule has 160 valence electrons. The second-order valence-electron chi connectivity index (χ2n) is 11.3. The number of rotatable bonds is 4. The molecule has 0 unspecified atom stereocenters. The van der Waals surface area contributed by atoms with Crippen molar-refractivity contribution in [2.24, 2.45) is 46.3 Å². The van der Waals surface area contributed by atoms with Crippen molar-refractivity contribution in [3.8, 4) is 0 Å². The number of aliphatic hydroxyl groups excluding tert-OH is 1. The quantitative estimate of drug-likeness (QED) is 0.636. The van der Waals surface area contributed by atoms with Crippen molar-refractivity contribution in [2.45, 2.75) is 97.5 Å². The van der Waals surface area contributed by atoms with E-state index in [2.05, 4.69) is 20.8 Å². The normalized spacial score (nSPS) is 48.9. The van der Waals surface area contributed by atoms with E-state index < -0.39 is 0 Å². The summed E-state index contributed by atoms with van der Waals surface area (Å²) in [5.74, 6) is 4.02. The van der Waals surface area contributed by atoms with Crippen LogP contribution in [0, 0.1) is 46.3 Å². The fraction of sp³-hybridized carbons (Fsp3) is 0.960. The second kappa shape index (κ2) is 7.60. The van der Waals surface area contributed by atoms with E-state index in [4.69, 9.17) is 4.74 Å². The average molecular weight is 391 g/mol. The number of carbonyl (C=O) groups is 1. The first-order chi connectivity index (χ1) is 13.3. The zero-order valence-electron chi connectivity index (χ0n) is 18.6. The molecule has 0 heterocycles. The smallest absolute Gasteiger partial charge is 0.305 e. The maximum absolute atomic E-state index is 11.6. The zero-order chi connectivity index (χ0) is 20.1. The van der Waals surface area contributed by atoms with E-state index in [1.807, 2.05) is 0 Å². The summed E-state index contributed by atoms with van der Waals surface area (Å²) in [6.07, 6.45) is 13.2. The van der Waals surface area contributed by atoms with Crippen LogP contribution in [0.4, 0.5) is 0 Å². The molecule has 3 heteroatoms. The van der Waals surface area contributed by atoms with Crippen LogP contribution in [-0.2, 0) is 9.53 Å². The highest BCUT2D eigenvalue weighted by Gasteiger charge is 2.63. The van der Waals surface area contributed by atoms with Gasteiger partial charge in [0.15, 0.2) is 0 Å². The Morgan fingerprint density at radius 2 is 1.89 bits per heavy atom. The van der Waals surface area contributed by atoms with Crippen molar-refractivity contribution in [1.29, 1.82) is 0 Å². The largest absolute Gasteiger partial charge is 0.469 e. The topological polar surface area (TPSA) is 46.5 Å². The number of hydrogen-bond donors (Lipinski definition) is 1. The fourth-order valence-electron chi connectivity index (χ4n) is 8.87. The number of esters is 1. The summed E-state index contributed by atoms with van der Waals surface area (Å²) in [5.41, 5.74) is 0.507. The van der Waals surface area contributed by atoms with Gasteiger partial charge in [0.25, 0.3) is 0 Å². The first kappa shape index (κ1) is 20.7. The molecule has 0 saturated heterocycles. The van der Waals surface area contributed by atoms with Crippen LogP contribution in [0.3, 0.4) is 0 Å². The van der Waals surface area contributed by atoms with E-state index in [-0.39, 0.29) is 17.5 Å². The molecular formula is C25H42O3. The Bertz CT molecular complexity index is 588. The number of hydrogen-bond acceptors (Lipinski definition) is 3. The third kappa shape index (κ3) is 3.06. The highest BCUT2D eigenvalue weighted by atomic mass is 16.5. The van der Waals surface area contributed by atoms with Crippen molar-refractivity contribution in [3.63, 3.8) is 0 Å². The van der Waals surface area contributed by atoms with Crippen LogP contribution >= 0.6 is 0 Å². The van der Waals surface area contributed by atoms with Crippen molar-refractivity contribution in [1.82, 2.24) is 0 Å². The Labute approximate surface area is 172 Å². The number of methoxy groups -OCH3 is 1. The summed E-state index contributed by atoms with van der Waals surface area (Å²) in [6.45, 7) is 7.29. The molecule has 0 aromatic rings. The summed E-state index contributed by atoms with van der Waals surface area (Å²) in [4.78, 5) is 11.6. The van der Waals surface area contributed by atoms with E-state index in [1.54, 1.807) is 0 Å². The SMILES string of the molecule is COC(=O)CC[C@H](C)[C@H]1CC[C@@H]2[C@H]3CC[C@@H]4CCCC[C@]4(C)[C@H]3C[C@H](O)[C@@]21C. The number of ether oxygens (including phenoxy) is 1. The van der Waals surface area contributed by atoms with Gasteiger partial charge in [-0.25, -0.2) is 0 Å². The monoisotopic (exact) mass is 390 g/mol. The maximum atomic E-state index is 11.6. The third-order valence-corrected chi connectivity index (χ3v) is 10.5. The van der Waals surface area contributed by atoms with E-state index >= 15 is 0 Å². The molecule has 4 rings (SSSR count). The summed E-state index contributed by atoms with van der Waals surface area (Å²) < 4.78 is 4.86. The van der Waals surface area contributed by atoms with Gasteiger partial charge in [0, 0.05) is 6.42 Å². The number of aliphatic hydroxyl groups is 1. The summed E-state index contributed by atoms with van der Waals surface area (Å²) in [5, 5.41) is 11.5. The first-order valence-electron chi connectivity index (χ1n) is 12.1. The van der Waals surface area contributed by atoms with Gasteiger partial charge < -0.3 is 9.84 Å². The lowest BCUT2D eigenvalue weighted by molar-refractivity contribution is -0.168. The molecule has 4 aliphatic carbocycles. The molecule has 1 N–H and O–H groups in total. The zero-order valence-corrected chi connectivity index (χ0v) is 18.6. The summed E-state index contributed by atoms with van der Waals surface area (Å²) >= 11 is 0. The summed E-state index contributed by atoms with van der Waals surface area (Å²) in [6, 6.07) is 0. The fourth-order valence-corrected chi connectivity index (χ4v) is 8.87. The van der Waals surface area contributed by atoms with E-state index in [1.165, 1.54) is 58.5 Å². The van der Waals surface area contributed by atoms with Crippen LogP contribution in [0.1, 0.15) is 91.4 Å². The Kier molecular flexibility index (Phi) is 5.61. The minimum atomic E-state index is -0.177. The van der Waals surface area contributed by atoms with Gasteiger partial charge in [0.2, 0.25) is 0 Å². The van der Waals surface area contributed by atoms with Gasteiger partial charge in [0.1, 0.15) is 0 Å². The van der Waals surface area contributed by atoms with Crippen molar-refractivity contribution in [3.05, 3.63) is 0 Å². The first-order valence-corrected chi connectivity index (χ1v) is 12.1. The summed E-state index contributed by atoms with van der Waals surface area (Å²) in [7, 11) is 1.48. The highest BCUT2D eigenvalue weighted by molar-refractivity contribution is 5.69. The van der Waals surface area contributed by atoms with Crippen molar-refractivity contribution in [2.75, 3.05) is 7.11 Å². The van der Waals surface area contributed by atoms with Gasteiger partial charge in [0.05, 0.1) is 13.2 Å². The molecule has 4 saturated carbocycles. The molecule has 0 amide bonds. The Morgan fingerprint density at radius 3 is 2.64 bits per heavy atom. The van der Waals surface area contributed by atoms with Crippen LogP contribution in [0.15, 0.2) is 0 Å². The molecule has 0 spiro atoms. The lowest BCUT2D eigenvalue weighted by Gasteiger charge is -2.62. The van der Waals surface area contributed by atoms with Crippen LogP contribution in [0.5, 0.6) is 0 Å². The Morgan fingerprint density at radius 1 is 1.11 bits per heavy atom. The third-order valence-electron chi connectivity index (χ3n) is 10.5. The van der Waals surface area contributed by atoms with Gasteiger partial charge in [-0.3, -0.25) is 4.79 Å². The predicted molar refractivity (Wildman–Crippen MR) is 112 cm³/mol. The lowest BCUT2D eigenvalue weighted by atomic mass is 9.44. The molecule has 3 nitrogen and oxygen atoms in total. The Hall–Kier alpha value is -0.570. The van der Waals surface area contributed by atoms with Gasteiger partial charge >= 0.3 is 5.97 Å². The molecule has 4 fully saturated rings. The van der Waals surface area contributed by atoms with Crippen molar-refractivity contribution >= 4 is 5.97 Å². The predicted octanol–water partition coefficient (Wildman–Crippen LogP) is 5.60.